The number of hydrogen-bond acceptors (Lipinski definition) is 3. The summed E-state index contributed by atoms with van der Waals surface area (Å²) in [6, 6.07) is 7.94. The number of benzene rings is 1. The first kappa shape index (κ1) is 13.6. The zero-order valence-electron chi connectivity index (χ0n) is 10.6. The van der Waals surface area contributed by atoms with Crippen LogP contribution in [0.5, 0.6) is 5.75 Å². The minimum atomic E-state index is -0.158. The van der Waals surface area contributed by atoms with Gasteiger partial charge in [-0.2, -0.15) is 0 Å². The van der Waals surface area contributed by atoms with E-state index >= 15 is 0 Å². The summed E-state index contributed by atoms with van der Waals surface area (Å²) < 4.78 is 7.52. The molecule has 4 nitrogen and oxygen atoms in total. The van der Waals surface area contributed by atoms with E-state index in [1.54, 1.807) is 4.57 Å². The molecule has 0 bridgehead atoms. The second-order valence-electron chi connectivity index (χ2n) is 4.68. The van der Waals surface area contributed by atoms with Crippen LogP contribution in [0.15, 0.2) is 39.9 Å². The van der Waals surface area contributed by atoms with Gasteiger partial charge in [-0.25, -0.2) is 4.98 Å². The van der Waals surface area contributed by atoms with Crippen LogP contribution in [0.3, 0.4) is 0 Å². The zero-order valence-corrected chi connectivity index (χ0v) is 12.9. The van der Waals surface area contributed by atoms with E-state index in [9.17, 15) is 4.79 Å². The summed E-state index contributed by atoms with van der Waals surface area (Å²) in [4.78, 5) is 16.1. The highest BCUT2D eigenvalue weighted by molar-refractivity contribution is 9.10. The van der Waals surface area contributed by atoms with Gasteiger partial charge in [0.15, 0.2) is 5.15 Å². The van der Waals surface area contributed by atoms with Crippen molar-refractivity contribution in [3.8, 4) is 5.75 Å². The van der Waals surface area contributed by atoms with Crippen molar-refractivity contribution in [1.82, 2.24) is 9.55 Å². The number of fused-ring (bicyclic) bond motifs is 1. The summed E-state index contributed by atoms with van der Waals surface area (Å²) in [5, 5.41) is 0.193. The van der Waals surface area contributed by atoms with Crippen LogP contribution in [-0.2, 0) is 6.54 Å². The van der Waals surface area contributed by atoms with Crippen molar-refractivity contribution in [2.75, 3.05) is 6.61 Å². The summed E-state index contributed by atoms with van der Waals surface area (Å²) in [6.07, 6.45) is 2.37. The van der Waals surface area contributed by atoms with Crippen molar-refractivity contribution in [1.29, 1.82) is 0 Å². The average molecular weight is 356 g/mol. The molecule has 0 aliphatic carbocycles. The molecule has 0 spiro atoms. The first-order valence-corrected chi connectivity index (χ1v) is 7.46. The van der Waals surface area contributed by atoms with E-state index in [4.69, 9.17) is 16.3 Å². The highest BCUT2D eigenvalue weighted by Crippen LogP contribution is 2.34. The quantitative estimate of drug-likeness (QED) is 0.777. The van der Waals surface area contributed by atoms with Crippen molar-refractivity contribution in [3.63, 3.8) is 0 Å². The van der Waals surface area contributed by atoms with E-state index in [2.05, 4.69) is 20.9 Å². The lowest BCUT2D eigenvalue weighted by atomic mass is 9.93. The highest BCUT2D eigenvalue weighted by Gasteiger charge is 2.22. The molecule has 0 N–H and O–H groups in total. The Bertz CT molecular complexity index is 702. The van der Waals surface area contributed by atoms with Crippen molar-refractivity contribution in [2.24, 2.45) is 0 Å². The largest absolute Gasteiger partial charge is 0.493 e. The summed E-state index contributed by atoms with van der Waals surface area (Å²) in [7, 11) is 0. The van der Waals surface area contributed by atoms with E-state index in [0.717, 1.165) is 17.7 Å². The summed E-state index contributed by atoms with van der Waals surface area (Å²) in [6.45, 7) is 1.24. The van der Waals surface area contributed by atoms with Crippen molar-refractivity contribution in [2.45, 2.75) is 18.9 Å². The number of rotatable bonds is 2. The monoisotopic (exact) mass is 354 g/mol. The third-order valence-electron chi connectivity index (χ3n) is 3.44. The van der Waals surface area contributed by atoms with Gasteiger partial charge in [-0.3, -0.25) is 9.36 Å². The maximum absolute atomic E-state index is 12.1. The fourth-order valence-corrected chi connectivity index (χ4v) is 2.87. The normalized spacial score (nSPS) is 17.4. The van der Waals surface area contributed by atoms with Gasteiger partial charge in [0, 0.05) is 12.5 Å². The lowest BCUT2D eigenvalue weighted by molar-refractivity contribution is 0.258. The van der Waals surface area contributed by atoms with Gasteiger partial charge < -0.3 is 4.74 Å². The SMILES string of the molecule is O=c1c(Br)c(Cl)ncn1CC1CCOc2ccccc21. The Morgan fingerprint density at radius 3 is 3.10 bits per heavy atom. The lowest BCUT2D eigenvalue weighted by Crippen LogP contribution is -2.26. The van der Waals surface area contributed by atoms with Crippen LogP contribution in [0.25, 0.3) is 0 Å². The molecule has 104 valence electrons. The predicted octanol–water partition coefficient (Wildman–Crippen LogP) is 3.23. The van der Waals surface area contributed by atoms with Gasteiger partial charge in [0.2, 0.25) is 0 Å². The first-order valence-electron chi connectivity index (χ1n) is 6.29. The van der Waals surface area contributed by atoms with E-state index in [-0.39, 0.29) is 16.6 Å². The number of aromatic nitrogens is 2. The van der Waals surface area contributed by atoms with Gasteiger partial charge in [-0.1, -0.05) is 29.8 Å². The Balaban J connectivity index is 1.94. The molecule has 6 heteroatoms. The molecular weight excluding hydrogens is 344 g/mol. The number of para-hydroxylation sites is 1. The smallest absolute Gasteiger partial charge is 0.269 e. The first-order chi connectivity index (χ1) is 9.66. The fourth-order valence-electron chi connectivity index (χ4n) is 2.42. The van der Waals surface area contributed by atoms with E-state index in [1.165, 1.54) is 6.33 Å². The standard InChI is InChI=1S/C14H12BrClN2O2/c15-12-13(16)17-8-18(14(12)19)7-9-5-6-20-11-4-2-1-3-10(9)11/h1-4,8-9H,5-7H2. The van der Waals surface area contributed by atoms with Crippen LogP contribution in [0, 0.1) is 0 Å². The third kappa shape index (κ3) is 2.47. The Hall–Kier alpha value is -1.33. The molecule has 0 fully saturated rings. The van der Waals surface area contributed by atoms with Gasteiger partial charge in [-0.15, -0.1) is 0 Å². The summed E-state index contributed by atoms with van der Waals surface area (Å²) in [5.41, 5.74) is 0.977. The number of ether oxygens (including phenoxy) is 1. The van der Waals surface area contributed by atoms with Crippen LogP contribution in [0.2, 0.25) is 5.15 Å². The molecule has 1 unspecified atom stereocenters. The molecule has 3 rings (SSSR count). The van der Waals surface area contributed by atoms with Gasteiger partial charge in [0.1, 0.15) is 10.2 Å². The van der Waals surface area contributed by atoms with Crippen molar-refractivity contribution in [3.05, 3.63) is 56.1 Å². The van der Waals surface area contributed by atoms with Crippen LogP contribution in [0.1, 0.15) is 17.9 Å². The van der Waals surface area contributed by atoms with Crippen LogP contribution >= 0.6 is 27.5 Å². The minimum Gasteiger partial charge on any atom is -0.493 e. The molecule has 1 aliphatic rings. The predicted molar refractivity (Wildman–Crippen MR) is 80.5 cm³/mol. The highest BCUT2D eigenvalue weighted by atomic mass is 79.9. The average Bonchev–Trinajstić information content (AvgIpc) is 2.48. The van der Waals surface area contributed by atoms with Crippen molar-refractivity contribution >= 4 is 27.5 Å². The lowest BCUT2D eigenvalue weighted by Gasteiger charge is -2.26. The molecule has 0 radical (unpaired) electrons. The number of hydrogen-bond donors (Lipinski definition) is 0. The molecule has 1 aliphatic heterocycles. The van der Waals surface area contributed by atoms with Crippen LogP contribution in [0.4, 0.5) is 0 Å². The number of halogens is 2. The second kappa shape index (κ2) is 5.58. The topological polar surface area (TPSA) is 44.1 Å². The van der Waals surface area contributed by atoms with Gasteiger partial charge in [0.25, 0.3) is 5.56 Å². The summed E-state index contributed by atoms with van der Waals surface area (Å²) >= 11 is 8.99. The molecule has 0 saturated carbocycles. The molecular formula is C14H12BrClN2O2. The van der Waals surface area contributed by atoms with E-state index < -0.39 is 0 Å². The summed E-state index contributed by atoms with van der Waals surface area (Å²) in [5.74, 6) is 1.14. The van der Waals surface area contributed by atoms with E-state index in [1.807, 2.05) is 24.3 Å². The third-order valence-corrected chi connectivity index (χ3v) is 4.67. The molecule has 2 heterocycles. The van der Waals surface area contributed by atoms with Crippen LogP contribution < -0.4 is 10.3 Å². The minimum absolute atomic E-state index is 0.158. The Kier molecular flexibility index (Phi) is 3.81. The van der Waals surface area contributed by atoms with E-state index in [0.29, 0.717) is 17.6 Å². The molecule has 0 amide bonds. The maximum atomic E-state index is 12.1. The molecule has 0 saturated heterocycles. The van der Waals surface area contributed by atoms with Gasteiger partial charge in [0.05, 0.1) is 12.9 Å². The van der Waals surface area contributed by atoms with Gasteiger partial charge >= 0.3 is 0 Å². The Labute approximate surface area is 129 Å². The zero-order chi connectivity index (χ0) is 14.1. The number of nitrogens with zero attached hydrogens (tertiary/aromatic N) is 2. The molecule has 1 aromatic heterocycles. The van der Waals surface area contributed by atoms with Crippen molar-refractivity contribution < 1.29 is 4.74 Å². The fraction of sp³-hybridized carbons (Fsp3) is 0.286. The maximum Gasteiger partial charge on any atom is 0.269 e. The second-order valence-corrected chi connectivity index (χ2v) is 5.83. The van der Waals surface area contributed by atoms with Gasteiger partial charge in [-0.05, 0) is 34.0 Å². The Morgan fingerprint density at radius 2 is 2.25 bits per heavy atom. The molecule has 2 aromatic rings. The van der Waals surface area contributed by atoms with Crippen LogP contribution in [-0.4, -0.2) is 16.2 Å². The molecule has 1 aromatic carbocycles. The molecule has 1 atom stereocenters. The Morgan fingerprint density at radius 1 is 1.45 bits per heavy atom. The molecule has 20 heavy (non-hydrogen) atoms.